The molecule has 9 atom stereocenters. The first-order chi connectivity index (χ1) is 33.5. The van der Waals surface area contributed by atoms with Crippen molar-refractivity contribution in [3.63, 3.8) is 0 Å². The largest absolute Gasteiger partial charge is 0.508 e. The number of dihydropyridines is 1. The van der Waals surface area contributed by atoms with Crippen molar-refractivity contribution in [1.29, 1.82) is 0 Å². The Balaban J connectivity index is 1.12. The predicted molar refractivity (Wildman–Crippen MR) is 250 cm³/mol. The highest BCUT2D eigenvalue weighted by molar-refractivity contribution is 5.89. The fourth-order valence-electron chi connectivity index (χ4n) is 9.78. The lowest BCUT2D eigenvalue weighted by Gasteiger charge is -2.58. The number of ether oxygens (including phenoxy) is 4. The highest BCUT2D eigenvalue weighted by atomic mass is 16.7. The van der Waals surface area contributed by atoms with Crippen molar-refractivity contribution in [3.8, 4) is 40.1 Å². The zero-order chi connectivity index (χ0) is 49.6. The minimum Gasteiger partial charge on any atom is -0.508 e. The third-order valence-corrected chi connectivity index (χ3v) is 13.1. The summed E-state index contributed by atoms with van der Waals surface area (Å²) in [4.78, 5) is 30.0. The molecule has 16 N–H and O–H groups in total. The van der Waals surface area contributed by atoms with Gasteiger partial charge in [-0.05, 0) is 90.2 Å². The number of aromatic hydroxyl groups is 2. The van der Waals surface area contributed by atoms with E-state index in [-0.39, 0.29) is 47.8 Å². The number of aliphatic hydroxyl groups excluding tert-OH is 3. The van der Waals surface area contributed by atoms with E-state index in [9.17, 15) is 50.4 Å². The molecule has 9 rings (SSSR count). The molecule has 2 aromatic heterocycles. The van der Waals surface area contributed by atoms with Crippen molar-refractivity contribution < 1.29 is 69.0 Å². The summed E-state index contributed by atoms with van der Waals surface area (Å²) in [5.41, 5.74) is 8.41. The van der Waals surface area contributed by atoms with E-state index in [4.69, 9.17) is 34.8 Å². The molecule has 0 amide bonds. The normalized spacial score (nSPS) is 26.1. The first-order valence-electron chi connectivity index (χ1n) is 22.5. The number of H-pyrrole nitrogens is 1. The number of aliphatic hydroxyl groups is 5. The third kappa shape index (κ3) is 8.88. The molecular formula is C49H54N6O15. The lowest BCUT2D eigenvalue weighted by Crippen LogP contribution is -2.79. The van der Waals surface area contributed by atoms with Gasteiger partial charge in [0.1, 0.15) is 58.5 Å². The Hall–Kier alpha value is -7.08. The number of carboxylic acid groups (broad SMARTS) is 1. The van der Waals surface area contributed by atoms with Crippen molar-refractivity contribution in [2.75, 3.05) is 32.1 Å². The van der Waals surface area contributed by atoms with Crippen molar-refractivity contribution in [2.45, 2.75) is 74.3 Å². The molecule has 70 heavy (non-hydrogen) atoms. The maximum atomic E-state index is 14.0. The number of nitrogens with one attached hydrogen (secondary N) is 4. The van der Waals surface area contributed by atoms with Gasteiger partial charge in [-0.1, -0.05) is 24.6 Å². The Morgan fingerprint density at radius 1 is 1.03 bits per heavy atom. The molecule has 4 aliphatic rings. The molecule has 0 radical (unpaired) electrons. The number of aliphatic carboxylic acids is 1. The Kier molecular flexibility index (Phi) is 13.0. The molecule has 5 aromatic rings. The van der Waals surface area contributed by atoms with Crippen molar-refractivity contribution in [2.24, 2.45) is 11.7 Å². The molecule has 21 heteroatoms. The Bertz CT molecular complexity index is 2950. The van der Waals surface area contributed by atoms with Crippen LogP contribution in [0.5, 0.6) is 28.7 Å². The molecule has 2 bridgehead atoms. The quantitative estimate of drug-likeness (QED) is 0.0618. The number of nitrogen functional groups attached to an aromatic ring is 1. The maximum absolute atomic E-state index is 14.0. The SMILES string of the molecule is CCc1cc(O)cc(COc2c(OC3OC(C(=O)O)C4(O)C(C5CNCN5)C(CC5=CCNC(N)=C5)=CC3(O)C4O)cc3oc(-c4ccc(OC(CO)C(O)c5ccc(N)[nH]5)cc4)cc(=O)c3c2O)c1. The van der Waals surface area contributed by atoms with E-state index in [0.29, 0.717) is 59.2 Å². The van der Waals surface area contributed by atoms with Crippen LogP contribution in [0.4, 0.5) is 5.82 Å². The summed E-state index contributed by atoms with van der Waals surface area (Å²) in [6.07, 6.45) is -3.54. The Morgan fingerprint density at radius 3 is 2.47 bits per heavy atom. The third-order valence-electron chi connectivity index (χ3n) is 13.1. The van der Waals surface area contributed by atoms with Crippen LogP contribution in [-0.2, 0) is 22.6 Å². The van der Waals surface area contributed by atoms with Gasteiger partial charge in [0.25, 0.3) is 0 Å². The number of anilines is 1. The topological polar surface area (TPSA) is 350 Å². The van der Waals surface area contributed by atoms with E-state index >= 15 is 0 Å². The van der Waals surface area contributed by atoms with E-state index in [1.165, 1.54) is 30.3 Å². The number of aryl methyl sites for hydroxylation is 1. The second-order valence-electron chi connectivity index (χ2n) is 17.8. The molecule has 370 valence electrons. The number of nitrogens with two attached hydrogens (primary N) is 2. The zero-order valence-electron chi connectivity index (χ0n) is 37.7. The summed E-state index contributed by atoms with van der Waals surface area (Å²) in [6, 6.07) is 15.7. The molecule has 3 aliphatic heterocycles. The molecule has 21 nitrogen and oxygen atoms in total. The fraction of sp³-hybridized carbons (Fsp3) is 0.347. The lowest BCUT2D eigenvalue weighted by atomic mass is 9.59. The maximum Gasteiger partial charge on any atom is 0.336 e. The first-order valence-corrected chi connectivity index (χ1v) is 22.5. The molecule has 9 unspecified atom stereocenters. The summed E-state index contributed by atoms with van der Waals surface area (Å²) in [6.45, 7) is 1.97. The van der Waals surface area contributed by atoms with Gasteiger partial charge in [-0.15, -0.1) is 0 Å². The number of rotatable bonds is 16. The summed E-state index contributed by atoms with van der Waals surface area (Å²) in [5.74, 6) is -3.67. The van der Waals surface area contributed by atoms with Gasteiger partial charge < -0.3 is 91.3 Å². The van der Waals surface area contributed by atoms with Gasteiger partial charge in [0, 0.05) is 55.1 Å². The lowest BCUT2D eigenvalue weighted by molar-refractivity contribution is -0.344. The number of carbonyl (C=O) groups is 1. The summed E-state index contributed by atoms with van der Waals surface area (Å²) in [5, 5.41) is 100. The molecule has 5 heterocycles. The highest BCUT2D eigenvalue weighted by Crippen LogP contribution is 2.53. The average molecular weight is 967 g/mol. The predicted octanol–water partition coefficient (Wildman–Crippen LogP) is 1.20. The van der Waals surface area contributed by atoms with E-state index in [0.717, 1.165) is 11.6 Å². The van der Waals surface area contributed by atoms with E-state index < -0.39 is 89.1 Å². The van der Waals surface area contributed by atoms with Crippen LogP contribution in [0, 0.1) is 5.92 Å². The zero-order valence-corrected chi connectivity index (χ0v) is 37.7. The van der Waals surface area contributed by atoms with Gasteiger partial charge in [0.2, 0.25) is 12.0 Å². The number of benzene rings is 3. The molecular weight excluding hydrogens is 913 g/mol. The molecule has 2 saturated heterocycles. The number of aromatic amines is 1. The molecule has 0 saturated carbocycles. The van der Waals surface area contributed by atoms with Crippen molar-refractivity contribution in [1.82, 2.24) is 20.9 Å². The fourth-order valence-corrected chi connectivity index (χ4v) is 9.78. The van der Waals surface area contributed by atoms with Crippen LogP contribution in [0.25, 0.3) is 22.3 Å². The molecule has 0 spiro atoms. The smallest absolute Gasteiger partial charge is 0.336 e. The van der Waals surface area contributed by atoms with E-state index in [1.807, 2.05) is 13.0 Å². The van der Waals surface area contributed by atoms with Crippen LogP contribution in [0.1, 0.15) is 36.3 Å². The van der Waals surface area contributed by atoms with E-state index in [2.05, 4.69) is 20.9 Å². The van der Waals surface area contributed by atoms with Gasteiger partial charge in [-0.2, -0.15) is 0 Å². The van der Waals surface area contributed by atoms with Gasteiger partial charge in [-0.25, -0.2) is 4.79 Å². The summed E-state index contributed by atoms with van der Waals surface area (Å²) in [7, 11) is 0. The molecule has 3 aromatic carbocycles. The van der Waals surface area contributed by atoms with Gasteiger partial charge >= 0.3 is 5.97 Å². The number of hydrogen-bond donors (Lipinski definition) is 14. The minimum atomic E-state index is -2.68. The van der Waals surface area contributed by atoms with Crippen LogP contribution in [0.15, 0.2) is 111 Å². The number of aromatic nitrogens is 1. The van der Waals surface area contributed by atoms with Crippen molar-refractivity contribution >= 4 is 22.8 Å². The van der Waals surface area contributed by atoms with Crippen LogP contribution in [-0.4, -0.2) is 120 Å². The number of phenols is 2. The second-order valence-corrected chi connectivity index (χ2v) is 17.8. The molecule has 2 fully saturated rings. The standard InChI is InChI=1S/C49H54N6O15/c1-2-23-11-25(14-28(57)13-23)21-66-43-35(17-34-39(42(43)60)32(58)16-33(68-34)26-3-5-29(6-4-26)67-36(20-56)41(59)30-7-8-37(50)55-30)69-47-48(64)18-27(12-24-9-10-53-38(51)15-24)40(31-19-52-22-54-31)49(65,46(48)63)44(70-47)45(61)62/h3-9,11,13-18,31,36,40-41,44,46-47,52-57,59-60,63-65H,2,10,12,19-22,50-51H2,1H3,(H,61,62). The monoisotopic (exact) mass is 966 g/mol. The van der Waals surface area contributed by atoms with Crippen LogP contribution < -0.4 is 47.1 Å². The van der Waals surface area contributed by atoms with Gasteiger partial charge in [0.05, 0.1) is 12.4 Å². The van der Waals surface area contributed by atoms with Gasteiger partial charge in [-0.3, -0.25) is 10.1 Å². The van der Waals surface area contributed by atoms with Crippen LogP contribution >= 0.6 is 0 Å². The Labute approximate surface area is 398 Å². The van der Waals surface area contributed by atoms with E-state index in [1.54, 1.807) is 42.5 Å². The first kappa shape index (κ1) is 48.0. The molecule has 1 aliphatic carbocycles. The summed E-state index contributed by atoms with van der Waals surface area (Å²) < 4.78 is 30.6. The number of fused-ring (bicyclic) bond motifs is 3. The number of allylic oxidation sites excluding steroid dienone is 2. The van der Waals surface area contributed by atoms with Crippen LogP contribution in [0.2, 0.25) is 0 Å². The number of phenolic OH excluding ortho intramolecular Hbond substituents is 2. The van der Waals surface area contributed by atoms with Crippen LogP contribution in [0.3, 0.4) is 0 Å². The highest BCUT2D eigenvalue weighted by Gasteiger charge is 2.71. The summed E-state index contributed by atoms with van der Waals surface area (Å²) >= 11 is 0. The average Bonchev–Trinajstić information content (AvgIpc) is 4.02. The number of hydrogen-bond acceptors (Lipinski definition) is 19. The second kappa shape index (κ2) is 19.0. The van der Waals surface area contributed by atoms with Gasteiger partial charge in [0.15, 0.2) is 34.7 Å². The number of carboxylic acids is 1. The Morgan fingerprint density at radius 2 is 1.80 bits per heavy atom. The van der Waals surface area contributed by atoms with Crippen molar-refractivity contribution in [3.05, 3.63) is 129 Å². The minimum absolute atomic E-state index is 0.00249.